The van der Waals surface area contributed by atoms with Crippen molar-refractivity contribution in [2.45, 2.75) is 52.5 Å². The van der Waals surface area contributed by atoms with Crippen LogP contribution in [0.15, 0.2) is 12.1 Å². The number of aryl methyl sites for hydroxylation is 3. The summed E-state index contributed by atoms with van der Waals surface area (Å²) in [5, 5.41) is 9.07. The largest absolute Gasteiger partial charge is 0.481 e. The van der Waals surface area contributed by atoms with Crippen LogP contribution in [0.4, 0.5) is 0 Å². The predicted molar refractivity (Wildman–Crippen MR) is 73.9 cm³/mol. The fourth-order valence-electron chi connectivity index (χ4n) is 2.31. The quantitative estimate of drug-likeness (QED) is 0.862. The molecular formula is C15H23NO2. The van der Waals surface area contributed by atoms with Gasteiger partial charge in [-0.2, -0.15) is 0 Å². The fourth-order valence-corrected chi connectivity index (χ4v) is 2.31. The Hall–Kier alpha value is -1.35. The predicted octanol–water partition coefficient (Wildman–Crippen LogP) is 2.91. The Bertz CT molecular complexity index is 458. The molecule has 0 amide bonds. The van der Waals surface area contributed by atoms with Crippen LogP contribution in [0.25, 0.3) is 0 Å². The Morgan fingerprint density at radius 2 is 1.72 bits per heavy atom. The first-order chi connectivity index (χ1) is 8.12. The first-order valence-corrected chi connectivity index (χ1v) is 6.21. The van der Waals surface area contributed by atoms with E-state index in [-0.39, 0.29) is 12.3 Å². The van der Waals surface area contributed by atoms with E-state index >= 15 is 0 Å². The van der Waals surface area contributed by atoms with Crippen molar-refractivity contribution < 1.29 is 9.90 Å². The van der Waals surface area contributed by atoms with Gasteiger partial charge in [0.2, 0.25) is 0 Å². The highest BCUT2D eigenvalue weighted by Crippen LogP contribution is 2.33. The number of benzene rings is 1. The minimum atomic E-state index is -0.809. The molecular weight excluding hydrogens is 226 g/mol. The third-order valence-corrected chi connectivity index (χ3v) is 3.53. The first kappa shape index (κ1) is 14.7. The van der Waals surface area contributed by atoms with Crippen molar-refractivity contribution in [1.29, 1.82) is 0 Å². The molecule has 0 aliphatic rings. The van der Waals surface area contributed by atoms with E-state index in [0.717, 1.165) is 11.1 Å². The number of hydrogen-bond acceptors (Lipinski definition) is 2. The minimum absolute atomic E-state index is 0.0623. The monoisotopic (exact) mass is 249 g/mol. The SMILES string of the molecule is Cc1cc(C)c(C(CC(=O)O)C(C)(C)N)cc1C. The summed E-state index contributed by atoms with van der Waals surface area (Å²) in [5.41, 5.74) is 10.2. The number of carboxylic acids is 1. The highest BCUT2D eigenvalue weighted by atomic mass is 16.4. The molecule has 0 bridgehead atoms. The molecule has 3 heteroatoms. The van der Waals surface area contributed by atoms with Crippen molar-refractivity contribution in [3.8, 4) is 0 Å². The lowest BCUT2D eigenvalue weighted by Gasteiger charge is -2.31. The third-order valence-electron chi connectivity index (χ3n) is 3.53. The van der Waals surface area contributed by atoms with Crippen LogP contribution < -0.4 is 5.73 Å². The van der Waals surface area contributed by atoms with Gasteiger partial charge >= 0.3 is 5.97 Å². The van der Waals surface area contributed by atoms with Gasteiger partial charge in [0, 0.05) is 11.5 Å². The summed E-state index contributed by atoms with van der Waals surface area (Å²) < 4.78 is 0. The van der Waals surface area contributed by atoms with Gasteiger partial charge in [-0.1, -0.05) is 12.1 Å². The van der Waals surface area contributed by atoms with E-state index in [1.54, 1.807) is 0 Å². The van der Waals surface area contributed by atoms with Crippen LogP contribution in [-0.4, -0.2) is 16.6 Å². The zero-order chi connectivity index (χ0) is 14.1. The van der Waals surface area contributed by atoms with Crippen LogP contribution in [0, 0.1) is 20.8 Å². The molecule has 18 heavy (non-hydrogen) atoms. The summed E-state index contributed by atoms with van der Waals surface area (Å²) in [6.45, 7) is 9.89. The van der Waals surface area contributed by atoms with Gasteiger partial charge in [-0.05, 0) is 56.9 Å². The van der Waals surface area contributed by atoms with E-state index in [9.17, 15) is 4.79 Å². The molecule has 3 nitrogen and oxygen atoms in total. The summed E-state index contributed by atoms with van der Waals surface area (Å²) in [6.07, 6.45) is 0.0623. The van der Waals surface area contributed by atoms with Gasteiger partial charge in [0.15, 0.2) is 0 Å². The molecule has 0 saturated carbocycles. The van der Waals surface area contributed by atoms with Crippen LogP contribution in [-0.2, 0) is 4.79 Å². The normalized spacial score (nSPS) is 13.4. The van der Waals surface area contributed by atoms with Crippen molar-refractivity contribution in [2.75, 3.05) is 0 Å². The van der Waals surface area contributed by atoms with Crippen molar-refractivity contribution >= 4 is 5.97 Å². The molecule has 0 aromatic heterocycles. The molecule has 0 spiro atoms. The molecule has 3 N–H and O–H groups in total. The van der Waals surface area contributed by atoms with Gasteiger partial charge in [0.25, 0.3) is 0 Å². The zero-order valence-electron chi connectivity index (χ0n) is 11.9. The number of hydrogen-bond donors (Lipinski definition) is 2. The van der Waals surface area contributed by atoms with E-state index < -0.39 is 11.5 Å². The molecule has 0 saturated heterocycles. The lowest BCUT2D eigenvalue weighted by molar-refractivity contribution is -0.137. The molecule has 1 atom stereocenters. The first-order valence-electron chi connectivity index (χ1n) is 6.21. The van der Waals surface area contributed by atoms with Gasteiger partial charge in [0.1, 0.15) is 0 Å². The van der Waals surface area contributed by atoms with Crippen molar-refractivity contribution in [1.82, 2.24) is 0 Å². The fraction of sp³-hybridized carbons (Fsp3) is 0.533. The maximum Gasteiger partial charge on any atom is 0.304 e. The summed E-state index contributed by atoms with van der Waals surface area (Å²) in [5.74, 6) is -0.981. The zero-order valence-corrected chi connectivity index (χ0v) is 11.9. The number of carbonyl (C=O) groups is 1. The van der Waals surface area contributed by atoms with Gasteiger partial charge in [0.05, 0.1) is 6.42 Å². The Balaban J connectivity index is 3.29. The van der Waals surface area contributed by atoms with E-state index in [4.69, 9.17) is 10.8 Å². The summed E-state index contributed by atoms with van der Waals surface area (Å²) >= 11 is 0. The van der Waals surface area contributed by atoms with Crippen LogP contribution >= 0.6 is 0 Å². The van der Waals surface area contributed by atoms with Crippen LogP contribution in [0.5, 0.6) is 0 Å². The molecule has 0 heterocycles. The molecule has 1 rings (SSSR count). The standard InChI is InChI=1S/C15H23NO2/c1-9-6-11(3)12(7-10(9)2)13(8-14(17)18)15(4,5)16/h6-7,13H,8,16H2,1-5H3,(H,17,18). The maximum absolute atomic E-state index is 11.0. The highest BCUT2D eigenvalue weighted by molar-refractivity contribution is 5.68. The van der Waals surface area contributed by atoms with Crippen LogP contribution in [0.1, 0.15) is 48.4 Å². The smallest absolute Gasteiger partial charge is 0.304 e. The summed E-state index contributed by atoms with van der Waals surface area (Å²) in [7, 11) is 0. The molecule has 0 aliphatic heterocycles. The highest BCUT2D eigenvalue weighted by Gasteiger charge is 2.30. The van der Waals surface area contributed by atoms with Crippen molar-refractivity contribution in [3.63, 3.8) is 0 Å². The van der Waals surface area contributed by atoms with Gasteiger partial charge in [-0.3, -0.25) is 4.79 Å². The Morgan fingerprint density at radius 3 is 2.17 bits per heavy atom. The second-order valence-electron chi connectivity index (χ2n) is 5.76. The maximum atomic E-state index is 11.0. The Labute approximate surface area is 109 Å². The second kappa shape index (κ2) is 5.11. The average Bonchev–Trinajstić information content (AvgIpc) is 2.18. The molecule has 0 fully saturated rings. The third kappa shape index (κ3) is 3.33. The Kier molecular flexibility index (Phi) is 4.17. The van der Waals surface area contributed by atoms with Crippen molar-refractivity contribution in [2.24, 2.45) is 5.73 Å². The average molecular weight is 249 g/mol. The van der Waals surface area contributed by atoms with Gasteiger partial charge in [-0.15, -0.1) is 0 Å². The summed E-state index contributed by atoms with van der Waals surface area (Å²) in [6, 6.07) is 4.18. The lowest BCUT2D eigenvalue weighted by Crippen LogP contribution is -2.40. The van der Waals surface area contributed by atoms with E-state index in [0.29, 0.717) is 0 Å². The number of carboxylic acid groups (broad SMARTS) is 1. The molecule has 1 aromatic rings. The molecule has 100 valence electrons. The number of rotatable bonds is 4. The van der Waals surface area contributed by atoms with E-state index in [1.165, 1.54) is 11.1 Å². The topological polar surface area (TPSA) is 63.3 Å². The number of aliphatic carboxylic acids is 1. The van der Waals surface area contributed by atoms with E-state index in [2.05, 4.69) is 19.1 Å². The molecule has 0 aliphatic carbocycles. The van der Waals surface area contributed by atoms with Crippen LogP contribution in [0.3, 0.4) is 0 Å². The number of nitrogens with two attached hydrogens (primary N) is 1. The van der Waals surface area contributed by atoms with Crippen molar-refractivity contribution in [3.05, 3.63) is 34.4 Å². The molecule has 0 radical (unpaired) electrons. The lowest BCUT2D eigenvalue weighted by atomic mass is 9.78. The molecule has 1 aromatic carbocycles. The van der Waals surface area contributed by atoms with Gasteiger partial charge in [-0.25, -0.2) is 0 Å². The summed E-state index contributed by atoms with van der Waals surface area (Å²) in [4.78, 5) is 11.0. The van der Waals surface area contributed by atoms with Gasteiger partial charge < -0.3 is 10.8 Å². The minimum Gasteiger partial charge on any atom is -0.481 e. The van der Waals surface area contributed by atoms with Crippen LogP contribution in [0.2, 0.25) is 0 Å². The van der Waals surface area contributed by atoms with E-state index in [1.807, 2.05) is 27.7 Å². The molecule has 1 unspecified atom stereocenters. The second-order valence-corrected chi connectivity index (χ2v) is 5.76. The Morgan fingerprint density at radius 1 is 1.22 bits per heavy atom.